The predicted molar refractivity (Wildman–Crippen MR) is 63.6 cm³/mol. The van der Waals surface area contributed by atoms with E-state index in [-0.39, 0.29) is 5.82 Å². The number of hydrogen-bond acceptors (Lipinski definition) is 1. The molecule has 0 saturated carbocycles. The quantitative estimate of drug-likeness (QED) is 0.698. The minimum absolute atomic E-state index is 0.153. The van der Waals surface area contributed by atoms with Gasteiger partial charge in [-0.25, -0.2) is 4.39 Å². The lowest BCUT2D eigenvalue weighted by Crippen LogP contribution is -2.34. The van der Waals surface area contributed by atoms with Crippen LogP contribution in [0.15, 0.2) is 30.3 Å². The Morgan fingerprint density at radius 2 is 1.94 bits per heavy atom. The Balaban J connectivity index is 1.92. The van der Waals surface area contributed by atoms with E-state index in [2.05, 4.69) is 18.0 Å². The van der Waals surface area contributed by atoms with Gasteiger partial charge in [-0.3, -0.25) is 4.90 Å². The van der Waals surface area contributed by atoms with Crippen LogP contribution in [-0.4, -0.2) is 24.0 Å². The first-order chi connectivity index (χ1) is 7.74. The monoisotopic (exact) mass is 217 g/mol. The molecular formula is C14H16FN. The molecular weight excluding hydrogens is 201 g/mol. The molecule has 0 amide bonds. The highest BCUT2D eigenvalue weighted by atomic mass is 19.1. The predicted octanol–water partition coefficient (Wildman–Crippen LogP) is 3.08. The van der Waals surface area contributed by atoms with Gasteiger partial charge >= 0.3 is 0 Å². The molecule has 1 saturated heterocycles. The maximum atomic E-state index is 12.9. The standard InChI is InChI=1S/C14H16FN/c1-16-13-6-7-14(16)9-11(8-13)10-2-4-12(15)5-3-10/h2-5,8,13-14H,6-7,9H2,1H3/t13-,14+/m1/s1. The number of hydrogen-bond donors (Lipinski definition) is 0. The fraction of sp³-hybridized carbons (Fsp3) is 0.429. The summed E-state index contributed by atoms with van der Waals surface area (Å²) in [6.45, 7) is 0. The van der Waals surface area contributed by atoms with Crippen molar-refractivity contribution < 1.29 is 4.39 Å². The lowest BCUT2D eigenvalue weighted by molar-refractivity contribution is 0.264. The van der Waals surface area contributed by atoms with Crippen molar-refractivity contribution in [1.29, 1.82) is 0 Å². The molecule has 1 fully saturated rings. The zero-order chi connectivity index (χ0) is 11.1. The Morgan fingerprint density at radius 1 is 1.19 bits per heavy atom. The van der Waals surface area contributed by atoms with Gasteiger partial charge in [0.2, 0.25) is 0 Å². The van der Waals surface area contributed by atoms with Crippen LogP contribution in [-0.2, 0) is 0 Å². The van der Waals surface area contributed by atoms with Crippen LogP contribution in [0.2, 0.25) is 0 Å². The van der Waals surface area contributed by atoms with Gasteiger partial charge in [0.15, 0.2) is 0 Å². The Morgan fingerprint density at radius 3 is 2.62 bits per heavy atom. The van der Waals surface area contributed by atoms with Crippen molar-refractivity contribution >= 4 is 5.57 Å². The van der Waals surface area contributed by atoms with Crippen LogP contribution in [0.1, 0.15) is 24.8 Å². The molecule has 0 N–H and O–H groups in total. The summed E-state index contributed by atoms with van der Waals surface area (Å²) in [5, 5.41) is 0. The maximum Gasteiger partial charge on any atom is 0.123 e. The number of fused-ring (bicyclic) bond motifs is 2. The van der Waals surface area contributed by atoms with E-state index in [4.69, 9.17) is 0 Å². The van der Waals surface area contributed by atoms with E-state index >= 15 is 0 Å². The van der Waals surface area contributed by atoms with Gasteiger partial charge in [-0.15, -0.1) is 0 Å². The summed E-state index contributed by atoms with van der Waals surface area (Å²) >= 11 is 0. The molecule has 2 atom stereocenters. The van der Waals surface area contributed by atoms with Gasteiger partial charge in [0, 0.05) is 12.1 Å². The van der Waals surface area contributed by atoms with Crippen molar-refractivity contribution in [1.82, 2.24) is 4.90 Å². The largest absolute Gasteiger partial charge is 0.297 e. The topological polar surface area (TPSA) is 3.24 Å². The molecule has 0 radical (unpaired) electrons. The fourth-order valence-corrected chi connectivity index (χ4v) is 2.92. The Labute approximate surface area is 95.6 Å². The summed E-state index contributed by atoms with van der Waals surface area (Å²) < 4.78 is 12.9. The average molecular weight is 217 g/mol. The first kappa shape index (κ1) is 10.0. The summed E-state index contributed by atoms with van der Waals surface area (Å²) in [7, 11) is 2.21. The van der Waals surface area contributed by atoms with E-state index in [9.17, 15) is 4.39 Å². The van der Waals surface area contributed by atoms with Gasteiger partial charge in [-0.05, 0) is 49.6 Å². The van der Waals surface area contributed by atoms with Crippen LogP contribution in [0.5, 0.6) is 0 Å². The molecule has 1 nitrogen and oxygen atoms in total. The van der Waals surface area contributed by atoms with Gasteiger partial charge in [-0.1, -0.05) is 18.2 Å². The summed E-state index contributed by atoms with van der Waals surface area (Å²) in [5.74, 6) is -0.153. The fourth-order valence-electron chi connectivity index (χ4n) is 2.92. The molecule has 0 aromatic heterocycles. The third kappa shape index (κ3) is 1.57. The third-order valence-corrected chi connectivity index (χ3v) is 3.96. The maximum absolute atomic E-state index is 12.9. The van der Waals surface area contributed by atoms with E-state index in [0.29, 0.717) is 12.1 Å². The van der Waals surface area contributed by atoms with E-state index in [1.807, 2.05) is 12.1 Å². The number of nitrogens with zero attached hydrogens (tertiary/aromatic N) is 1. The van der Waals surface area contributed by atoms with Crippen LogP contribution in [0.4, 0.5) is 4.39 Å². The lowest BCUT2D eigenvalue weighted by atomic mass is 9.95. The van der Waals surface area contributed by atoms with Gasteiger partial charge in [0.25, 0.3) is 0 Å². The van der Waals surface area contributed by atoms with Crippen LogP contribution < -0.4 is 0 Å². The smallest absolute Gasteiger partial charge is 0.123 e. The first-order valence-electron chi connectivity index (χ1n) is 5.92. The minimum Gasteiger partial charge on any atom is -0.297 e. The molecule has 2 aliphatic rings. The number of halogens is 1. The van der Waals surface area contributed by atoms with Crippen molar-refractivity contribution in [3.05, 3.63) is 41.7 Å². The summed E-state index contributed by atoms with van der Waals surface area (Å²) in [4.78, 5) is 2.47. The average Bonchev–Trinajstić information content (AvgIpc) is 2.54. The molecule has 2 aliphatic heterocycles. The van der Waals surface area contributed by atoms with Gasteiger partial charge in [0.1, 0.15) is 5.82 Å². The van der Waals surface area contributed by atoms with Crippen molar-refractivity contribution in [3.8, 4) is 0 Å². The second kappa shape index (κ2) is 3.70. The molecule has 0 unspecified atom stereocenters. The van der Waals surface area contributed by atoms with Gasteiger partial charge < -0.3 is 0 Å². The molecule has 1 aromatic rings. The van der Waals surface area contributed by atoms with Crippen molar-refractivity contribution in [2.24, 2.45) is 0 Å². The van der Waals surface area contributed by atoms with Crippen LogP contribution in [0.3, 0.4) is 0 Å². The molecule has 0 aliphatic carbocycles. The molecule has 2 bridgehead atoms. The molecule has 3 rings (SSSR count). The molecule has 2 heteroatoms. The minimum atomic E-state index is -0.153. The highest BCUT2D eigenvalue weighted by Gasteiger charge is 2.33. The second-order valence-electron chi connectivity index (χ2n) is 4.87. The van der Waals surface area contributed by atoms with E-state index in [1.54, 1.807) is 12.1 Å². The van der Waals surface area contributed by atoms with E-state index in [1.165, 1.54) is 24.0 Å². The summed E-state index contributed by atoms with van der Waals surface area (Å²) in [6.07, 6.45) is 6.03. The molecule has 84 valence electrons. The Bertz CT molecular complexity index is 421. The number of rotatable bonds is 1. The Hall–Kier alpha value is -1.15. The number of likely N-dealkylation sites (N-methyl/N-ethyl adjacent to an activating group) is 1. The van der Waals surface area contributed by atoms with Crippen LogP contribution in [0.25, 0.3) is 5.57 Å². The van der Waals surface area contributed by atoms with Crippen molar-refractivity contribution in [2.75, 3.05) is 7.05 Å². The molecule has 16 heavy (non-hydrogen) atoms. The Kier molecular flexibility index (Phi) is 2.32. The van der Waals surface area contributed by atoms with E-state index < -0.39 is 0 Å². The van der Waals surface area contributed by atoms with Gasteiger partial charge in [-0.2, -0.15) is 0 Å². The highest BCUT2D eigenvalue weighted by Crippen LogP contribution is 2.37. The zero-order valence-corrected chi connectivity index (χ0v) is 9.49. The van der Waals surface area contributed by atoms with Crippen molar-refractivity contribution in [2.45, 2.75) is 31.3 Å². The second-order valence-corrected chi connectivity index (χ2v) is 4.87. The van der Waals surface area contributed by atoms with Gasteiger partial charge in [0.05, 0.1) is 0 Å². The lowest BCUT2D eigenvalue weighted by Gasteiger charge is -2.30. The summed E-state index contributed by atoms with van der Waals surface area (Å²) in [5.41, 5.74) is 2.58. The highest BCUT2D eigenvalue weighted by molar-refractivity contribution is 5.68. The molecule has 1 aromatic carbocycles. The molecule has 2 heterocycles. The van der Waals surface area contributed by atoms with Crippen LogP contribution >= 0.6 is 0 Å². The zero-order valence-electron chi connectivity index (χ0n) is 9.49. The van der Waals surface area contributed by atoms with E-state index in [0.717, 1.165) is 6.42 Å². The normalized spacial score (nSPS) is 29.2. The summed E-state index contributed by atoms with van der Waals surface area (Å²) in [6, 6.07) is 8.18. The van der Waals surface area contributed by atoms with Crippen molar-refractivity contribution in [3.63, 3.8) is 0 Å². The van der Waals surface area contributed by atoms with Crippen LogP contribution in [0, 0.1) is 5.82 Å². The first-order valence-corrected chi connectivity index (χ1v) is 5.92. The molecule has 0 spiro atoms. The third-order valence-electron chi connectivity index (χ3n) is 3.96. The SMILES string of the molecule is CN1[C@H]2CC[C@@H]1C=C(c1ccc(F)cc1)C2. The number of benzene rings is 1.